The van der Waals surface area contributed by atoms with E-state index in [9.17, 15) is 18.0 Å². The van der Waals surface area contributed by atoms with Gasteiger partial charge in [-0.15, -0.1) is 5.10 Å². The van der Waals surface area contributed by atoms with E-state index in [4.69, 9.17) is 0 Å². The maximum Gasteiger partial charge on any atom is 0.453 e. The number of fused-ring (bicyclic) bond motifs is 1. The van der Waals surface area contributed by atoms with E-state index >= 15 is 0 Å². The van der Waals surface area contributed by atoms with Crippen molar-refractivity contribution in [2.24, 2.45) is 0 Å². The number of rotatable bonds is 3. The van der Waals surface area contributed by atoms with Gasteiger partial charge in [-0.25, -0.2) is 9.50 Å². The van der Waals surface area contributed by atoms with Gasteiger partial charge in [0.05, 0.1) is 12.1 Å². The van der Waals surface area contributed by atoms with Gasteiger partial charge in [-0.1, -0.05) is 0 Å². The van der Waals surface area contributed by atoms with Crippen LogP contribution in [0.3, 0.4) is 0 Å². The maximum absolute atomic E-state index is 12.4. The fraction of sp³-hybridized carbons (Fsp3) is 0.333. The van der Waals surface area contributed by atoms with Crippen molar-refractivity contribution >= 4 is 11.6 Å². The van der Waals surface area contributed by atoms with Crippen molar-refractivity contribution in [3.05, 3.63) is 23.8 Å². The summed E-state index contributed by atoms with van der Waals surface area (Å²) in [6.07, 6.45) is -2.29. The number of nitrogens with zero attached hydrogens (tertiary/aromatic N) is 4. The van der Waals surface area contributed by atoms with E-state index in [1.54, 1.807) is 7.05 Å². The number of likely N-dealkylation sites (N-methyl/N-ethyl adjacent to an activating group) is 1. The van der Waals surface area contributed by atoms with Crippen LogP contribution in [0.15, 0.2) is 12.4 Å². The summed E-state index contributed by atoms with van der Waals surface area (Å²) in [5.41, 5.74) is 0.162. The van der Waals surface area contributed by atoms with Crippen LogP contribution in [-0.2, 0) is 6.18 Å². The van der Waals surface area contributed by atoms with Crippen LogP contribution in [0.1, 0.15) is 16.2 Å². The molecular weight excluding hydrogens is 251 g/mol. The Balaban J connectivity index is 2.43. The van der Waals surface area contributed by atoms with Gasteiger partial charge in [-0.05, 0) is 7.05 Å². The molecule has 9 heteroatoms. The van der Waals surface area contributed by atoms with Gasteiger partial charge in [0, 0.05) is 12.4 Å². The number of nitrogens with one attached hydrogen (secondary N) is 1. The molecule has 18 heavy (non-hydrogen) atoms. The first kappa shape index (κ1) is 12.4. The van der Waals surface area contributed by atoms with Gasteiger partial charge < -0.3 is 5.32 Å². The number of hydrogen-bond donors (Lipinski definition) is 1. The van der Waals surface area contributed by atoms with E-state index in [2.05, 4.69) is 20.4 Å². The van der Waals surface area contributed by atoms with Crippen LogP contribution in [-0.4, -0.2) is 39.0 Å². The summed E-state index contributed by atoms with van der Waals surface area (Å²) in [6, 6.07) is 0. The Hall–Kier alpha value is -2.03. The monoisotopic (exact) mass is 259 g/mol. The summed E-state index contributed by atoms with van der Waals surface area (Å²) >= 11 is 0. The lowest BCUT2D eigenvalue weighted by atomic mass is 10.2. The van der Waals surface area contributed by atoms with Crippen LogP contribution >= 0.6 is 0 Å². The summed E-state index contributed by atoms with van der Waals surface area (Å²) in [7, 11) is 1.58. The first-order valence-electron chi connectivity index (χ1n) is 4.89. The number of halogens is 3. The Bertz CT molecular complexity index is 591. The van der Waals surface area contributed by atoms with Gasteiger partial charge in [-0.2, -0.15) is 18.2 Å². The number of Topliss-reactive ketones (excluding diaryl/α,β-unsaturated/α-hetero) is 1. The van der Waals surface area contributed by atoms with E-state index in [1.807, 2.05) is 0 Å². The van der Waals surface area contributed by atoms with E-state index in [1.165, 1.54) is 12.4 Å². The molecule has 0 radical (unpaired) electrons. The Morgan fingerprint density at radius 1 is 1.50 bits per heavy atom. The molecule has 1 N–H and O–H groups in total. The average molecular weight is 259 g/mol. The quantitative estimate of drug-likeness (QED) is 0.815. The molecule has 2 rings (SSSR count). The minimum absolute atomic E-state index is 0.0635. The molecule has 0 spiro atoms. The highest BCUT2D eigenvalue weighted by atomic mass is 19.4. The molecular formula is C9H8F3N5O. The van der Waals surface area contributed by atoms with Crippen LogP contribution in [0.25, 0.3) is 5.78 Å². The van der Waals surface area contributed by atoms with Crippen molar-refractivity contribution < 1.29 is 18.0 Å². The molecule has 2 aromatic heterocycles. The third-order valence-corrected chi connectivity index (χ3v) is 2.11. The van der Waals surface area contributed by atoms with E-state index in [-0.39, 0.29) is 23.7 Å². The number of ketones is 1. The van der Waals surface area contributed by atoms with Gasteiger partial charge in [0.1, 0.15) is 0 Å². The molecule has 2 heterocycles. The van der Waals surface area contributed by atoms with Crippen LogP contribution < -0.4 is 5.32 Å². The van der Waals surface area contributed by atoms with Crippen molar-refractivity contribution in [3.63, 3.8) is 0 Å². The maximum atomic E-state index is 12.4. The van der Waals surface area contributed by atoms with Gasteiger partial charge in [0.15, 0.2) is 5.78 Å². The number of aromatic nitrogens is 4. The van der Waals surface area contributed by atoms with E-state index in [0.717, 1.165) is 4.52 Å². The van der Waals surface area contributed by atoms with E-state index in [0.29, 0.717) is 0 Å². The topological polar surface area (TPSA) is 72.2 Å². The molecule has 0 saturated heterocycles. The second-order valence-electron chi connectivity index (χ2n) is 3.47. The molecule has 6 nitrogen and oxygen atoms in total. The molecule has 2 aromatic rings. The molecule has 0 atom stereocenters. The lowest BCUT2D eigenvalue weighted by molar-refractivity contribution is -0.144. The predicted octanol–water partition coefficient (Wildman–Crippen LogP) is 0.545. The molecule has 0 saturated carbocycles. The summed E-state index contributed by atoms with van der Waals surface area (Å²) in [5.74, 6) is -1.78. The normalized spacial score (nSPS) is 12.0. The summed E-state index contributed by atoms with van der Waals surface area (Å²) in [6.45, 7) is 0.0635. The molecule has 0 bridgehead atoms. The third kappa shape index (κ3) is 2.30. The SMILES string of the molecule is CNCC(=O)c1cnc2nc(C(F)(F)F)nn2c1. The zero-order valence-corrected chi connectivity index (χ0v) is 9.19. The molecule has 0 aliphatic rings. The van der Waals surface area contributed by atoms with Crippen LogP contribution in [0.5, 0.6) is 0 Å². The highest BCUT2D eigenvalue weighted by Crippen LogP contribution is 2.26. The molecule has 0 amide bonds. The first-order valence-corrected chi connectivity index (χ1v) is 4.89. The van der Waals surface area contributed by atoms with Crippen molar-refractivity contribution in [1.82, 2.24) is 24.9 Å². The average Bonchev–Trinajstić information content (AvgIpc) is 2.71. The smallest absolute Gasteiger partial charge is 0.313 e. The lowest BCUT2D eigenvalue weighted by Crippen LogP contribution is -2.19. The van der Waals surface area contributed by atoms with Crippen LogP contribution in [0.4, 0.5) is 13.2 Å². The fourth-order valence-corrected chi connectivity index (χ4v) is 1.31. The van der Waals surface area contributed by atoms with Gasteiger partial charge in [-0.3, -0.25) is 4.79 Å². The number of alkyl halides is 3. The minimum atomic E-state index is -4.64. The third-order valence-electron chi connectivity index (χ3n) is 2.11. The fourth-order valence-electron chi connectivity index (χ4n) is 1.31. The van der Waals surface area contributed by atoms with Gasteiger partial charge in [0.2, 0.25) is 0 Å². The Labute approximate surface area is 98.8 Å². The van der Waals surface area contributed by atoms with Gasteiger partial charge >= 0.3 is 6.18 Å². The highest BCUT2D eigenvalue weighted by Gasteiger charge is 2.36. The molecule has 0 unspecified atom stereocenters. The molecule has 0 aliphatic heterocycles. The number of hydrogen-bond acceptors (Lipinski definition) is 5. The zero-order valence-electron chi connectivity index (χ0n) is 9.19. The van der Waals surface area contributed by atoms with Crippen molar-refractivity contribution in [2.45, 2.75) is 6.18 Å². The molecule has 0 fully saturated rings. The Morgan fingerprint density at radius 3 is 2.83 bits per heavy atom. The summed E-state index contributed by atoms with van der Waals surface area (Å²) < 4.78 is 37.9. The number of carbonyl (C=O) groups excluding carboxylic acids is 1. The molecule has 0 aromatic carbocycles. The second kappa shape index (κ2) is 4.33. The lowest BCUT2D eigenvalue weighted by Gasteiger charge is -1.99. The van der Waals surface area contributed by atoms with Crippen LogP contribution in [0, 0.1) is 0 Å². The van der Waals surface area contributed by atoms with E-state index < -0.39 is 12.0 Å². The van der Waals surface area contributed by atoms with Crippen LogP contribution in [0.2, 0.25) is 0 Å². The van der Waals surface area contributed by atoms with Gasteiger partial charge in [0.25, 0.3) is 11.6 Å². The Kier molecular flexibility index (Phi) is 2.99. The Morgan fingerprint density at radius 2 is 2.22 bits per heavy atom. The van der Waals surface area contributed by atoms with Crippen molar-refractivity contribution in [3.8, 4) is 0 Å². The highest BCUT2D eigenvalue weighted by molar-refractivity contribution is 5.97. The molecule has 0 aliphatic carbocycles. The minimum Gasteiger partial charge on any atom is -0.313 e. The summed E-state index contributed by atoms with van der Waals surface area (Å²) in [4.78, 5) is 18.4. The predicted molar refractivity (Wildman–Crippen MR) is 54.0 cm³/mol. The second-order valence-corrected chi connectivity index (χ2v) is 3.47. The number of carbonyl (C=O) groups is 1. The summed E-state index contributed by atoms with van der Waals surface area (Å²) in [5, 5.41) is 5.87. The molecule has 96 valence electrons. The van der Waals surface area contributed by atoms with Crippen molar-refractivity contribution in [2.75, 3.05) is 13.6 Å². The zero-order chi connectivity index (χ0) is 13.3. The van der Waals surface area contributed by atoms with Crippen molar-refractivity contribution in [1.29, 1.82) is 0 Å². The largest absolute Gasteiger partial charge is 0.453 e. The first-order chi connectivity index (χ1) is 8.41. The standard InChI is InChI=1S/C9H8F3N5O/c1-13-3-6(18)5-2-14-8-15-7(9(10,11)12)16-17(8)4-5/h2,4,13H,3H2,1H3.